The maximum Gasteiger partial charge on any atom is 0.223 e. The average Bonchev–Trinajstić information content (AvgIpc) is 2.16. The van der Waals surface area contributed by atoms with Crippen LogP contribution in [0.5, 0.6) is 0 Å². The molecule has 5 heteroatoms. The fraction of sp³-hybridized carbons (Fsp3) is 0.545. The Bertz CT molecular complexity index is 376. The molecule has 3 N–H and O–H groups in total. The van der Waals surface area contributed by atoms with E-state index in [-0.39, 0.29) is 12.3 Å². The number of carbonyl (C=O) groups excluding carboxylic acids is 1. The lowest BCUT2D eigenvalue weighted by atomic mass is 10.1. The second kappa shape index (κ2) is 5.44. The highest BCUT2D eigenvalue weighted by molar-refractivity contribution is 5.74. The van der Waals surface area contributed by atoms with Gasteiger partial charge in [0.15, 0.2) is 0 Å². The molecule has 0 aliphatic heterocycles. The molecule has 0 unspecified atom stereocenters. The summed E-state index contributed by atoms with van der Waals surface area (Å²) in [4.78, 5) is 19.2. The SMILES string of the molecule is Cc1cc(C(C)C)nc(NCCC(N)=O)n1. The van der Waals surface area contributed by atoms with Crippen LogP contribution in [0.15, 0.2) is 6.07 Å². The first-order chi connectivity index (χ1) is 7.49. The molecule has 5 nitrogen and oxygen atoms in total. The maximum absolute atomic E-state index is 10.6. The van der Waals surface area contributed by atoms with E-state index in [0.29, 0.717) is 18.4 Å². The number of aromatic nitrogens is 2. The zero-order valence-electron chi connectivity index (χ0n) is 9.95. The van der Waals surface area contributed by atoms with E-state index in [2.05, 4.69) is 29.1 Å². The smallest absolute Gasteiger partial charge is 0.223 e. The molecule has 0 aliphatic carbocycles. The number of hydrogen-bond acceptors (Lipinski definition) is 4. The first-order valence-electron chi connectivity index (χ1n) is 5.37. The molecule has 1 amide bonds. The number of rotatable bonds is 5. The van der Waals surface area contributed by atoms with Crippen LogP contribution in [0.1, 0.15) is 37.6 Å². The summed E-state index contributed by atoms with van der Waals surface area (Å²) in [5.41, 5.74) is 6.96. The normalized spacial score (nSPS) is 10.5. The number of amides is 1. The fourth-order valence-corrected chi connectivity index (χ4v) is 1.27. The van der Waals surface area contributed by atoms with Gasteiger partial charge in [0.05, 0.1) is 0 Å². The minimum absolute atomic E-state index is 0.286. The molecule has 88 valence electrons. The lowest BCUT2D eigenvalue weighted by Gasteiger charge is -2.09. The summed E-state index contributed by atoms with van der Waals surface area (Å²) in [5, 5.41) is 2.99. The molecule has 1 heterocycles. The van der Waals surface area contributed by atoms with Gasteiger partial charge in [0.1, 0.15) is 0 Å². The third-order valence-electron chi connectivity index (χ3n) is 2.12. The molecule has 0 aromatic carbocycles. The quantitative estimate of drug-likeness (QED) is 0.784. The first-order valence-corrected chi connectivity index (χ1v) is 5.37. The molecular formula is C11H18N4O. The molecule has 0 saturated heterocycles. The molecule has 1 rings (SSSR count). The van der Waals surface area contributed by atoms with Gasteiger partial charge in [-0.25, -0.2) is 9.97 Å². The van der Waals surface area contributed by atoms with Crippen molar-refractivity contribution in [2.45, 2.75) is 33.1 Å². The van der Waals surface area contributed by atoms with Crippen molar-refractivity contribution in [3.8, 4) is 0 Å². The Balaban J connectivity index is 2.69. The highest BCUT2D eigenvalue weighted by Gasteiger charge is 2.05. The van der Waals surface area contributed by atoms with Crippen molar-refractivity contribution in [2.24, 2.45) is 5.73 Å². The summed E-state index contributed by atoms with van der Waals surface area (Å²) in [6, 6.07) is 1.96. The topological polar surface area (TPSA) is 80.9 Å². The zero-order valence-corrected chi connectivity index (χ0v) is 9.95. The van der Waals surface area contributed by atoms with Gasteiger partial charge < -0.3 is 11.1 Å². The highest BCUT2D eigenvalue weighted by atomic mass is 16.1. The predicted octanol–water partition coefficient (Wildman–Crippen LogP) is 1.20. The van der Waals surface area contributed by atoms with E-state index >= 15 is 0 Å². The van der Waals surface area contributed by atoms with Crippen LogP contribution in [-0.2, 0) is 4.79 Å². The van der Waals surface area contributed by atoms with E-state index in [1.165, 1.54) is 0 Å². The summed E-state index contributed by atoms with van der Waals surface area (Å²) in [6.45, 7) is 6.55. The minimum Gasteiger partial charge on any atom is -0.370 e. The van der Waals surface area contributed by atoms with Crippen molar-refractivity contribution in [3.63, 3.8) is 0 Å². The third-order valence-corrected chi connectivity index (χ3v) is 2.12. The van der Waals surface area contributed by atoms with E-state index < -0.39 is 0 Å². The standard InChI is InChI=1S/C11H18N4O/c1-7(2)9-6-8(3)14-11(15-9)13-5-4-10(12)16/h6-7H,4-5H2,1-3H3,(H2,12,16)(H,13,14,15). The molecule has 0 saturated carbocycles. The van der Waals surface area contributed by atoms with Crippen LogP contribution >= 0.6 is 0 Å². The Labute approximate surface area is 95.5 Å². The van der Waals surface area contributed by atoms with E-state index in [1.807, 2.05) is 13.0 Å². The number of carbonyl (C=O) groups is 1. The molecule has 0 bridgehead atoms. The number of aryl methyl sites for hydroxylation is 1. The summed E-state index contributed by atoms with van der Waals surface area (Å²) in [7, 11) is 0. The van der Waals surface area contributed by atoms with Crippen LogP contribution < -0.4 is 11.1 Å². The predicted molar refractivity (Wildman–Crippen MR) is 63.2 cm³/mol. The van der Waals surface area contributed by atoms with E-state index in [1.54, 1.807) is 0 Å². The van der Waals surface area contributed by atoms with Gasteiger partial charge in [0, 0.05) is 24.4 Å². The van der Waals surface area contributed by atoms with Crippen molar-refractivity contribution in [3.05, 3.63) is 17.5 Å². The van der Waals surface area contributed by atoms with Crippen LogP contribution in [-0.4, -0.2) is 22.4 Å². The Hall–Kier alpha value is -1.65. The van der Waals surface area contributed by atoms with Crippen LogP contribution in [0.25, 0.3) is 0 Å². The summed E-state index contributed by atoms with van der Waals surface area (Å²) in [6.07, 6.45) is 0.286. The number of primary amides is 1. The van der Waals surface area contributed by atoms with Crippen LogP contribution in [0.4, 0.5) is 5.95 Å². The Morgan fingerprint density at radius 3 is 2.75 bits per heavy atom. The Kier molecular flexibility index (Phi) is 4.22. The molecule has 1 aromatic heterocycles. The van der Waals surface area contributed by atoms with Gasteiger partial charge in [-0.2, -0.15) is 0 Å². The second-order valence-electron chi connectivity index (χ2n) is 4.06. The van der Waals surface area contributed by atoms with Crippen molar-refractivity contribution >= 4 is 11.9 Å². The zero-order chi connectivity index (χ0) is 12.1. The van der Waals surface area contributed by atoms with Crippen LogP contribution in [0.3, 0.4) is 0 Å². The number of nitrogens with two attached hydrogens (primary N) is 1. The highest BCUT2D eigenvalue weighted by Crippen LogP contribution is 2.14. The van der Waals surface area contributed by atoms with Gasteiger partial charge >= 0.3 is 0 Å². The summed E-state index contributed by atoms with van der Waals surface area (Å²) in [5.74, 6) is 0.590. The minimum atomic E-state index is -0.329. The number of hydrogen-bond donors (Lipinski definition) is 2. The second-order valence-corrected chi connectivity index (χ2v) is 4.06. The molecular weight excluding hydrogens is 204 g/mol. The van der Waals surface area contributed by atoms with Gasteiger partial charge in [-0.05, 0) is 18.9 Å². The first kappa shape index (κ1) is 12.4. The van der Waals surface area contributed by atoms with Crippen LogP contribution in [0.2, 0.25) is 0 Å². The summed E-state index contributed by atoms with van der Waals surface area (Å²) < 4.78 is 0. The lowest BCUT2D eigenvalue weighted by molar-refractivity contribution is -0.117. The Morgan fingerprint density at radius 1 is 1.50 bits per heavy atom. The van der Waals surface area contributed by atoms with E-state index in [0.717, 1.165) is 11.4 Å². The third kappa shape index (κ3) is 3.84. The number of anilines is 1. The van der Waals surface area contributed by atoms with Crippen molar-refractivity contribution < 1.29 is 4.79 Å². The molecule has 0 spiro atoms. The number of nitrogens with one attached hydrogen (secondary N) is 1. The monoisotopic (exact) mass is 222 g/mol. The van der Waals surface area contributed by atoms with Gasteiger partial charge in [0.2, 0.25) is 11.9 Å². The summed E-state index contributed by atoms with van der Waals surface area (Å²) >= 11 is 0. The molecule has 0 atom stereocenters. The van der Waals surface area contributed by atoms with Crippen molar-refractivity contribution in [1.29, 1.82) is 0 Å². The van der Waals surface area contributed by atoms with Crippen LogP contribution in [0, 0.1) is 6.92 Å². The largest absolute Gasteiger partial charge is 0.370 e. The molecule has 0 radical (unpaired) electrons. The Morgan fingerprint density at radius 2 is 2.19 bits per heavy atom. The maximum atomic E-state index is 10.6. The van der Waals surface area contributed by atoms with E-state index in [4.69, 9.17) is 5.73 Å². The van der Waals surface area contributed by atoms with Gasteiger partial charge in [-0.1, -0.05) is 13.8 Å². The molecule has 0 aliphatic rings. The van der Waals surface area contributed by atoms with E-state index in [9.17, 15) is 4.79 Å². The van der Waals surface area contributed by atoms with Crippen molar-refractivity contribution in [1.82, 2.24) is 9.97 Å². The lowest BCUT2D eigenvalue weighted by Crippen LogP contribution is -2.17. The van der Waals surface area contributed by atoms with Gasteiger partial charge in [-0.15, -0.1) is 0 Å². The molecule has 1 aromatic rings. The molecule has 0 fully saturated rings. The van der Waals surface area contributed by atoms with Gasteiger partial charge in [0.25, 0.3) is 0 Å². The molecule has 16 heavy (non-hydrogen) atoms. The average molecular weight is 222 g/mol. The van der Waals surface area contributed by atoms with Gasteiger partial charge in [-0.3, -0.25) is 4.79 Å². The number of nitrogens with zero attached hydrogens (tertiary/aromatic N) is 2. The van der Waals surface area contributed by atoms with Crippen molar-refractivity contribution in [2.75, 3.05) is 11.9 Å². The fourth-order valence-electron chi connectivity index (χ4n) is 1.27.